The van der Waals surface area contributed by atoms with Gasteiger partial charge in [-0.3, -0.25) is 9.88 Å². The van der Waals surface area contributed by atoms with Crippen molar-refractivity contribution in [3.05, 3.63) is 41.6 Å². The molecule has 0 radical (unpaired) electrons. The molecule has 1 aromatic carbocycles. The number of piperazine rings is 1. The Morgan fingerprint density at radius 1 is 1.17 bits per heavy atom. The van der Waals surface area contributed by atoms with Crippen LogP contribution in [0.2, 0.25) is 0 Å². The lowest BCUT2D eigenvalue weighted by Gasteiger charge is -2.34. The van der Waals surface area contributed by atoms with Crippen molar-refractivity contribution >= 4 is 16.7 Å². The first-order valence-electron chi connectivity index (χ1n) is 13.7. The van der Waals surface area contributed by atoms with Crippen molar-refractivity contribution in [2.45, 2.75) is 49.6 Å². The van der Waals surface area contributed by atoms with Crippen LogP contribution in [0.1, 0.15) is 31.2 Å². The number of halogens is 6. The first-order chi connectivity index (χ1) is 20.1. The second-order valence-corrected chi connectivity index (χ2v) is 11.0. The summed E-state index contributed by atoms with van der Waals surface area (Å²) in [5.74, 6) is -1.94. The number of fused-ring (bicyclic) bond motifs is 2. The van der Waals surface area contributed by atoms with E-state index in [4.69, 9.17) is 4.74 Å². The quantitative estimate of drug-likeness (QED) is 0.415. The zero-order valence-electron chi connectivity index (χ0n) is 22.4. The maximum absolute atomic E-state index is 16.2. The summed E-state index contributed by atoms with van der Waals surface area (Å²) in [6, 6.07) is 3.46. The number of rotatable bonds is 6. The number of aromatic nitrogens is 3. The van der Waals surface area contributed by atoms with E-state index in [0.29, 0.717) is 50.8 Å². The fraction of sp³-hybridized carbons (Fsp3) is 0.500. The van der Waals surface area contributed by atoms with Crippen LogP contribution in [0.4, 0.5) is 32.2 Å². The van der Waals surface area contributed by atoms with Gasteiger partial charge in [0.15, 0.2) is 5.82 Å². The lowest BCUT2D eigenvalue weighted by molar-refractivity contribution is -0.137. The number of hydrogen-bond acceptors (Lipinski definition) is 8. The van der Waals surface area contributed by atoms with Crippen molar-refractivity contribution in [2.75, 3.05) is 44.2 Å². The van der Waals surface area contributed by atoms with Crippen LogP contribution in [-0.4, -0.2) is 76.9 Å². The van der Waals surface area contributed by atoms with Gasteiger partial charge in [-0.2, -0.15) is 28.4 Å². The summed E-state index contributed by atoms with van der Waals surface area (Å²) in [5, 5.41) is 12.5. The molecule has 14 heteroatoms. The number of nitrogens with zero attached hydrogens (tertiary/aromatic N) is 6. The van der Waals surface area contributed by atoms with Gasteiger partial charge in [0.2, 0.25) is 0 Å². The lowest BCUT2D eigenvalue weighted by Crippen LogP contribution is -2.51. The van der Waals surface area contributed by atoms with Crippen molar-refractivity contribution in [1.82, 2.24) is 25.2 Å². The third kappa shape index (κ3) is 5.20. The monoisotopic (exact) mass is 591 g/mol. The molecule has 2 aromatic heterocycles. The van der Waals surface area contributed by atoms with E-state index in [1.807, 2.05) is 9.80 Å². The first kappa shape index (κ1) is 28.4. The van der Waals surface area contributed by atoms with Gasteiger partial charge in [0, 0.05) is 50.4 Å². The molecule has 3 fully saturated rings. The maximum Gasteiger partial charge on any atom is 0.417 e. The normalized spacial score (nSPS) is 24.6. The zero-order valence-corrected chi connectivity index (χ0v) is 22.4. The summed E-state index contributed by atoms with van der Waals surface area (Å²) in [4.78, 5) is 16.6. The van der Waals surface area contributed by atoms with E-state index in [1.165, 1.54) is 6.20 Å². The molecule has 42 heavy (non-hydrogen) atoms. The highest BCUT2D eigenvalue weighted by Crippen LogP contribution is 2.42. The van der Waals surface area contributed by atoms with Crippen LogP contribution in [0.3, 0.4) is 0 Å². The predicted octanol–water partition coefficient (Wildman–Crippen LogP) is 4.64. The van der Waals surface area contributed by atoms with Crippen LogP contribution in [0.5, 0.6) is 6.01 Å². The standard InChI is InChI=1S/C28H27F6N7O/c29-16-2-3-21(28(32,33)34)19(10-16)23-22(31)24-20(12-37-23)25(40-9-7-36-18(14-40)4-6-35)39-26(38-24)42-15-27-5-1-8-41(27)13-17(30)11-27/h2-3,10,12,17-18,36H,1,4-5,7-9,11,13-15H2/t17-,18+,27+/m1/s1. The molecule has 0 amide bonds. The van der Waals surface area contributed by atoms with Gasteiger partial charge in [-0.05, 0) is 37.6 Å². The first-order valence-corrected chi connectivity index (χ1v) is 13.7. The molecule has 0 saturated carbocycles. The van der Waals surface area contributed by atoms with Gasteiger partial charge in [-0.1, -0.05) is 0 Å². The SMILES string of the molecule is N#CC[C@H]1CN(c2nc(OC[C@@]34CCCN3C[C@H](F)C4)nc3c(F)c(-c4cc(F)ccc4C(F)(F)F)ncc23)CCN1. The molecular weight excluding hydrogens is 564 g/mol. The molecule has 0 spiro atoms. The van der Waals surface area contributed by atoms with Crippen molar-refractivity contribution in [3.8, 4) is 23.3 Å². The maximum atomic E-state index is 16.2. The summed E-state index contributed by atoms with van der Waals surface area (Å²) in [5.41, 5.74) is -3.62. The molecule has 222 valence electrons. The molecule has 6 rings (SSSR count). The van der Waals surface area contributed by atoms with Crippen molar-refractivity contribution in [1.29, 1.82) is 5.26 Å². The Labute approximate surface area is 237 Å². The largest absolute Gasteiger partial charge is 0.461 e. The van der Waals surface area contributed by atoms with E-state index in [0.717, 1.165) is 13.0 Å². The molecule has 3 saturated heterocycles. The minimum absolute atomic E-state index is 0.0542. The molecule has 3 atom stereocenters. The van der Waals surface area contributed by atoms with E-state index >= 15 is 4.39 Å². The number of anilines is 1. The predicted molar refractivity (Wildman–Crippen MR) is 140 cm³/mol. The molecule has 3 aliphatic rings. The Kier molecular flexibility index (Phi) is 7.34. The van der Waals surface area contributed by atoms with Crippen molar-refractivity contribution in [3.63, 3.8) is 0 Å². The summed E-state index contributed by atoms with van der Waals surface area (Å²) in [6.07, 6.45) is -2.65. The van der Waals surface area contributed by atoms with Crippen molar-refractivity contribution in [2.24, 2.45) is 0 Å². The molecule has 1 N–H and O–H groups in total. The molecule has 3 aliphatic heterocycles. The molecule has 8 nitrogen and oxygen atoms in total. The van der Waals surface area contributed by atoms with Gasteiger partial charge < -0.3 is 15.0 Å². The molecular formula is C28H27F6N7O. The van der Waals surface area contributed by atoms with Gasteiger partial charge in [-0.25, -0.2) is 13.2 Å². The second-order valence-electron chi connectivity index (χ2n) is 11.0. The number of benzene rings is 1. The number of ether oxygens (including phenoxy) is 1. The van der Waals surface area contributed by atoms with Gasteiger partial charge in [0.25, 0.3) is 0 Å². The summed E-state index contributed by atoms with van der Waals surface area (Å²) in [7, 11) is 0. The number of nitriles is 1. The Hall–Kier alpha value is -3.70. The molecule has 3 aromatic rings. The average molecular weight is 592 g/mol. The van der Waals surface area contributed by atoms with Crippen LogP contribution in [0.25, 0.3) is 22.2 Å². The third-order valence-corrected chi connectivity index (χ3v) is 8.31. The fourth-order valence-electron chi connectivity index (χ4n) is 6.39. The second kappa shape index (κ2) is 10.9. The highest BCUT2D eigenvalue weighted by Gasteiger charge is 2.49. The Bertz CT molecular complexity index is 1550. The number of alkyl halides is 4. The van der Waals surface area contributed by atoms with E-state index in [-0.39, 0.29) is 48.2 Å². The molecule has 0 bridgehead atoms. The summed E-state index contributed by atoms with van der Waals surface area (Å²) in [6.45, 7) is 2.35. The topological polar surface area (TPSA) is 90.2 Å². The van der Waals surface area contributed by atoms with E-state index in [9.17, 15) is 27.2 Å². The van der Waals surface area contributed by atoms with E-state index in [1.54, 1.807) is 0 Å². The van der Waals surface area contributed by atoms with E-state index in [2.05, 4.69) is 26.3 Å². The minimum Gasteiger partial charge on any atom is -0.461 e. The van der Waals surface area contributed by atoms with Crippen LogP contribution in [0, 0.1) is 23.0 Å². The third-order valence-electron chi connectivity index (χ3n) is 8.31. The van der Waals surface area contributed by atoms with Crippen LogP contribution in [-0.2, 0) is 6.18 Å². The molecule has 0 aliphatic carbocycles. The fourth-order valence-corrected chi connectivity index (χ4v) is 6.39. The average Bonchev–Trinajstić information content (AvgIpc) is 3.47. The summed E-state index contributed by atoms with van der Waals surface area (Å²) < 4.78 is 91.9. The molecule has 0 unspecified atom stereocenters. The number of hydrogen-bond donors (Lipinski definition) is 1. The van der Waals surface area contributed by atoms with Gasteiger partial charge in [-0.15, -0.1) is 0 Å². The van der Waals surface area contributed by atoms with Gasteiger partial charge in [0.05, 0.1) is 29.0 Å². The van der Waals surface area contributed by atoms with Gasteiger partial charge >= 0.3 is 12.2 Å². The smallest absolute Gasteiger partial charge is 0.417 e. The lowest BCUT2D eigenvalue weighted by atomic mass is 9.95. The van der Waals surface area contributed by atoms with Crippen molar-refractivity contribution < 1.29 is 31.1 Å². The Morgan fingerprint density at radius 2 is 2.00 bits per heavy atom. The number of nitrogens with one attached hydrogen (secondary N) is 1. The minimum atomic E-state index is -4.89. The van der Waals surface area contributed by atoms with Crippen LogP contribution in [0.15, 0.2) is 24.4 Å². The Morgan fingerprint density at radius 3 is 2.79 bits per heavy atom. The number of pyridine rings is 1. The molecule has 5 heterocycles. The van der Waals surface area contributed by atoms with E-state index < -0.39 is 46.3 Å². The van der Waals surface area contributed by atoms with Crippen LogP contribution >= 0.6 is 0 Å². The summed E-state index contributed by atoms with van der Waals surface area (Å²) >= 11 is 0. The highest BCUT2D eigenvalue weighted by molar-refractivity contribution is 5.92. The highest BCUT2D eigenvalue weighted by atomic mass is 19.4. The van der Waals surface area contributed by atoms with Gasteiger partial charge in [0.1, 0.15) is 35.6 Å². The Balaban J connectivity index is 1.45. The zero-order chi connectivity index (χ0) is 29.6. The van der Waals surface area contributed by atoms with Crippen LogP contribution < -0.4 is 15.0 Å².